The standard InChI is InChI=1S/C25H31N3O6S/c1-6-20(23(30)26-25(2,3)4)27(15-17-10-9-11-18(14-17)34-5)22(29)16-28-24(31)19-12-7-8-13-21(19)35(28,32)33/h7-14,20H,6,15-16H2,1-5H3,(H,26,30)/t20-/m1/s1. The Morgan fingerprint density at radius 2 is 1.80 bits per heavy atom. The number of nitrogens with one attached hydrogen (secondary N) is 1. The van der Waals surface area contributed by atoms with Crippen molar-refractivity contribution < 1.29 is 27.5 Å². The van der Waals surface area contributed by atoms with Gasteiger partial charge >= 0.3 is 0 Å². The summed E-state index contributed by atoms with van der Waals surface area (Å²) in [5.74, 6) is -1.21. The van der Waals surface area contributed by atoms with E-state index < -0.39 is 40.0 Å². The third-order valence-corrected chi connectivity index (χ3v) is 7.35. The van der Waals surface area contributed by atoms with Crippen molar-refractivity contribution >= 4 is 27.7 Å². The molecule has 9 nitrogen and oxygen atoms in total. The Balaban J connectivity index is 1.95. The first-order chi connectivity index (χ1) is 16.4. The van der Waals surface area contributed by atoms with Crippen molar-refractivity contribution in [2.45, 2.75) is 57.1 Å². The Kier molecular flexibility index (Phi) is 7.54. The number of ether oxygens (including phenoxy) is 1. The van der Waals surface area contributed by atoms with Gasteiger partial charge in [-0.15, -0.1) is 0 Å². The molecule has 0 unspecified atom stereocenters. The van der Waals surface area contributed by atoms with Gasteiger partial charge in [0.1, 0.15) is 23.2 Å². The van der Waals surface area contributed by atoms with Gasteiger partial charge in [-0.3, -0.25) is 14.4 Å². The first-order valence-corrected chi connectivity index (χ1v) is 12.7. The van der Waals surface area contributed by atoms with Gasteiger partial charge in [-0.25, -0.2) is 12.7 Å². The van der Waals surface area contributed by atoms with Crippen LogP contribution < -0.4 is 10.1 Å². The lowest BCUT2D eigenvalue weighted by Gasteiger charge is -2.33. The second kappa shape index (κ2) is 10.1. The molecule has 0 saturated heterocycles. The predicted molar refractivity (Wildman–Crippen MR) is 130 cm³/mol. The van der Waals surface area contributed by atoms with Gasteiger partial charge in [0.15, 0.2) is 0 Å². The molecular formula is C25H31N3O6S. The molecule has 1 N–H and O–H groups in total. The van der Waals surface area contributed by atoms with E-state index in [9.17, 15) is 22.8 Å². The topological polar surface area (TPSA) is 113 Å². The molecule has 10 heteroatoms. The van der Waals surface area contributed by atoms with Crippen molar-refractivity contribution in [1.82, 2.24) is 14.5 Å². The minimum absolute atomic E-state index is 0.0252. The third-order valence-electron chi connectivity index (χ3n) is 5.56. The zero-order valence-electron chi connectivity index (χ0n) is 20.6. The van der Waals surface area contributed by atoms with Gasteiger partial charge in [0, 0.05) is 12.1 Å². The van der Waals surface area contributed by atoms with Crippen LogP contribution in [0.2, 0.25) is 0 Å². The van der Waals surface area contributed by atoms with E-state index in [1.165, 1.54) is 30.2 Å². The molecule has 0 spiro atoms. The summed E-state index contributed by atoms with van der Waals surface area (Å²) >= 11 is 0. The van der Waals surface area contributed by atoms with Gasteiger partial charge < -0.3 is 15.0 Å². The van der Waals surface area contributed by atoms with E-state index in [0.29, 0.717) is 22.0 Å². The second-order valence-electron chi connectivity index (χ2n) is 9.35. The van der Waals surface area contributed by atoms with Gasteiger partial charge in [-0.05, 0) is 57.0 Å². The summed E-state index contributed by atoms with van der Waals surface area (Å²) in [5, 5.41) is 2.89. The molecule has 0 saturated carbocycles. The third kappa shape index (κ3) is 5.64. The van der Waals surface area contributed by atoms with Crippen LogP contribution in [0.4, 0.5) is 0 Å². The highest BCUT2D eigenvalue weighted by molar-refractivity contribution is 7.90. The predicted octanol–water partition coefficient (Wildman–Crippen LogP) is 2.56. The van der Waals surface area contributed by atoms with Crippen LogP contribution in [-0.4, -0.2) is 60.6 Å². The molecule has 2 aromatic carbocycles. The van der Waals surface area contributed by atoms with Gasteiger partial charge in [0.2, 0.25) is 11.8 Å². The number of hydrogen-bond acceptors (Lipinski definition) is 6. The summed E-state index contributed by atoms with van der Waals surface area (Å²) in [6, 6.07) is 12.0. The van der Waals surface area contributed by atoms with Crippen LogP contribution in [0.15, 0.2) is 53.4 Å². The summed E-state index contributed by atoms with van der Waals surface area (Å²) in [6.07, 6.45) is 0.290. The lowest BCUT2D eigenvalue weighted by molar-refractivity contribution is -0.141. The van der Waals surface area contributed by atoms with Crippen molar-refractivity contribution in [2.24, 2.45) is 0 Å². The maximum atomic E-state index is 13.6. The maximum Gasteiger partial charge on any atom is 0.269 e. The fourth-order valence-electron chi connectivity index (χ4n) is 3.94. The average Bonchev–Trinajstić information content (AvgIpc) is 2.98. The van der Waals surface area contributed by atoms with Gasteiger partial charge in [-0.1, -0.05) is 31.2 Å². The molecule has 0 aliphatic carbocycles. The second-order valence-corrected chi connectivity index (χ2v) is 11.2. The molecule has 35 heavy (non-hydrogen) atoms. The SMILES string of the molecule is CC[C@H](C(=O)NC(C)(C)C)N(Cc1cccc(OC)c1)C(=O)CN1C(=O)c2ccccc2S1(=O)=O. The monoisotopic (exact) mass is 501 g/mol. The van der Waals surface area contributed by atoms with Crippen molar-refractivity contribution in [2.75, 3.05) is 13.7 Å². The van der Waals surface area contributed by atoms with Crippen LogP contribution in [0.5, 0.6) is 5.75 Å². The van der Waals surface area contributed by atoms with Crippen LogP contribution in [0.3, 0.4) is 0 Å². The Hall–Kier alpha value is -3.40. The molecule has 1 aliphatic heterocycles. The molecule has 3 rings (SSSR count). The Morgan fingerprint density at radius 3 is 2.40 bits per heavy atom. The number of nitrogens with zero attached hydrogens (tertiary/aromatic N) is 2. The largest absolute Gasteiger partial charge is 0.497 e. The molecule has 0 aromatic heterocycles. The van der Waals surface area contributed by atoms with Crippen molar-refractivity contribution in [3.8, 4) is 5.75 Å². The number of hydrogen-bond donors (Lipinski definition) is 1. The maximum absolute atomic E-state index is 13.6. The van der Waals surface area contributed by atoms with Crippen LogP contribution in [0.25, 0.3) is 0 Å². The zero-order chi connectivity index (χ0) is 26.0. The number of methoxy groups -OCH3 is 1. The van der Waals surface area contributed by atoms with Gasteiger partial charge in [0.05, 0.1) is 12.7 Å². The highest BCUT2D eigenvalue weighted by Crippen LogP contribution is 2.30. The highest BCUT2D eigenvalue weighted by Gasteiger charge is 2.43. The fourth-order valence-corrected chi connectivity index (χ4v) is 5.46. The minimum Gasteiger partial charge on any atom is -0.497 e. The van der Waals surface area contributed by atoms with Gasteiger partial charge in [0.25, 0.3) is 15.9 Å². The van der Waals surface area contributed by atoms with Crippen molar-refractivity contribution in [3.05, 3.63) is 59.7 Å². The molecule has 0 bridgehead atoms. The molecule has 1 heterocycles. The molecule has 2 aromatic rings. The highest BCUT2D eigenvalue weighted by atomic mass is 32.2. The number of carbonyl (C=O) groups excluding carboxylic acids is 3. The Morgan fingerprint density at radius 1 is 1.11 bits per heavy atom. The summed E-state index contributed by atoms with van der Waals surface area (Å²) in [4.78, 5) is 40.7. The van der Waals surface area contributed by atoms with Crippen LogP contribution in [-0.2, 0) is 26.2 Å². The number of amides is 3. The Labute approximate surface area is 206 Å². The first-order valence-electron chi connectivity index (χ1n) is 11.3. The summed E-state index contributed by atoms with van der Waals surface area (Å²) < 4.78 is 31.8. The summed E-state index contributed by atoms with van der Waals surface area (Å²) in [6.45, 7) is 6.59. The van der Waals surface area contributed by atoms with E-state index in [1.807, 2.05) is 20.8 Å². The number of carbonyl (C=O) groups is 3. The molecule has 0 radical (unpaired) electrons. The summed E-state index contributed by atoms with van der Waals surface area (Å²) in [7, 11) is -2.65. The van der Waals surface area contributed by atoms with E-state index in [-0.39, 0.29) is 22.9 Å². The zero-order valence-corrected chi connectivity index (χ0v) is 21.4. The number of sulfonamides is 1. The Bertz CT molecular complexity index is 1240. The molecule has 0 fully saturated rings. The van der Waals surface area contributed by atoms with Crippen molar-refractivity contribution in [1.29, 1.82) is 0 Å². The molecule has 3 amide bonds. The smallest absolute Gasteiger partial charge is 0.269 e. The quantitative estimate of drug-likeness (QED) is 0.595. The van der Waals surface area contributed by atoms with Crippen LogP contribution in [0.1, 0.15) is 50.0 Å². The van der Waals surface area contributed by atoms with E-state index >= 15 is 0 Å². The molecule has 188 valence electrons. The van der Waals surface area contributed by atoms with E-state index in [1.54, 1.807) is 37.3 Å². The summed E-state index contributed by atoms with van der Waals surface area (Å²) in [5.41, 5.74) is 0.182. The van der Waals surface area contributed by atoms with Crippen LogP contribution in [0, 0.1) is 0 Å². The number of benzene rings is 2. The molecular weight excluding hydrogens is 470 g/mol. The van der Waals surface area contributed by atoms with E-state index in [2.05, 4.69) is 5.32 Å². The molecule has 1 aliphatic rings. The van der Waals surface area contributed by atoms with Crippen molar-refractivity contribution in [3.63, 3.8) is 0 Å². The lowest BCUT2D eigenvalue weighted by atomic mass is 10.1. The normalized spacial score (nSPS) is 15.3. The lowest BCUT2D eigenvalue weighted by Crippen LogP contribution is -2.55. The van der Waals surface area contributed by atoms with Crippen LogP contribution >= 0.6 is 0 Å². The van der Waals surface area contributed by atoms with Gasteiger partial charge in [-0.2, -0.15) is 0 Å². The number of rotatable bonds is 8. The average molecular weight is 502 g/mol. The van der Waals surface area contributed by atoms with E-state index in [0.717, 1.165) is 0 Å². The van der Waals surface area contributed by atoms with E-state index in [4.69, 9.17) is 4.74 Å². The number of fused-ring (bicyclic) bond motifs is 1. The minimum atomic E-state index is -4.17. The fraction of sp³-hybridized carbons (Fsp3) is 0.400. The first kappa shape index (κ1) is 26.2. The molecule has 1 atom stereocenters.